The summed E-state index contributed by atoms with van der Waals surface area (Å²) in [7, 11) is 0. The minimum Gasteiger partial charge on any atom is -0.264 e. The standard InChI is InChI=1S/C11H12N2/c1-11(8-12,9-4-5-9)10-3-2-6-13-7-10/h2-3,6-7,9H,4-5H2,1H3. The Morgan fingerprint density at radius 2 is 2.38 bits per heavy atom. The fourth-order valence-corrected chi connectivity index (χ4v) is 1.72. The van der Waals surface area contributed by atoms with E-state index < -0.39 is 0 Å². The molecule has 13 heavy (non-hydrogen) atoms. The first-order valence-electron chi connectivity index (χ1n) is 4.59. The average molecular weight is 172 g/mol. The van der Waals surface area contributed by atoms with Crippen molar-refractivity contribution in [3.05, 3.63) is 30.1 Å². The lowest BCUT2D eigenvalue weighted by Crippen LogP contribution is -2.22. The monoisotopic (exact) mass is 172 g/mol. The number of hydrogen-bond donors (Lipinski definition) is 0. The molecular weight excluding hydrogens is 160 g/mol. The van der Waals surface area contributed by atoms with E-state index in [2.05, 4.69) is 11.1 Å². The Morgan fingerprint density at radius 3 is 2.85 bits per heavy atom. The molecule has 0 spiro atoms. The second kappa shape index (κ2) is 2.85. The van der Waals surface area contributed by atoms with E-state index in [0.717, 1.165) is 5.56 Å². The highest BCUT2D eigenvalue weighted by Gasteiger charge is 2.43. The van der Waals surface area contributed by atoms with Gasteiger partial charge in [-0.3, -0.25) is 4.98 Å². The van der Waals surface area contributed by atoms with Gasteiger partial charge in [-0.2, -0.15) is 5.26 Å². The van der Waals surface area contributed by atoms with Crippen LogP contribution in [0.4, 0.5) is 0 Å². The van der Waals surface area contributed by atoms with Gasteiger partial charge in [0.1, 0.15) is 0 Å². The molecule has 1 aromatic rings. The number of aromatic nitrogens is 1. The smallest absolute Gasteiger partial charge is 0.0837 e. The van der Waals surface area contributed by atoms with Gasteiger partial charge in [-0.05, 0) is 37.3 Å². The van der Waals surface area contributed by atoms with Crippen LogP contribution in [0.1, 0.15) is 25.3 Å². The zero-order valence-corrected chi connectivity index (χ0v) is 7.70. The summed E-state index contributed by atoms with van der Waals surface area (Å²) in [5.41, 5.74) is 0.744. The predicted octanol–water partition coefficient (Wildman–Crippen LogP) is 2.27. The topological polar surface area (TPSA) is 36.7 Å². The second-order valence-electron chi connectivity index (χ2n) is 3.83. The van der Waals surface area contributed by atoms with Crippen LogP contribution in [0.2, 0.25) is 0 Å². The van der Waals surface area contributed by atoms with Crippen LogP contribution in [0.15, 0.2) is 24.5 Å². The van der Waals surface area contributed by atoms with Crippen molar-refractivity contribution in [2.24, 2.45) is 5.92 Å². The van der Waals surface area contributed by atoms with Crippen molar-refractivity contribution < 1.29 is 0 Å². The molecule has 2 nitrogen and oxygen atoms in total. The zero-order valence-electron chi connectivity index (χ0n) is 7.70. The fourth-order valence-electron chi connectivity index (χ4n) is 1.72. The van der Waals surface area contributed by atoms with Gasteiger partial charge in [-0.25, -0.2) is 0 Å². The van der Waals surface area contributed by atoms with Gasteiger partial charge in [0.15, 0.2) is 0 Å². The maximum atomic E-state index is 9.17. The summed E-state index contributed by atoms with van der Waals surface area (Å²) in [5.74, 6) is 0.543. The van der Waals surface area contributed by atoms with Crippen molar-refractivity contribution in [1.82, 2.24) is 4.98 Å². The molecule has 0 bridgehead atoms. The first kappa shape index (κ1) is 8.25. The number of nitrogens with zero attached hydrogens (tertiary/aromatic N) is 2. The molecule has 0 N–H and O–H groups in total. The van der Waals surface area contributed by atoms with Gasteiger partial charge < -0.3 is 0 Å². The second-order valence-corrected chi connectivity index (χ2v) is 3.83. The lowest BCUT2D eigenvalue weighted by atomic mass is 9.80. The Bertz CT molecular complexity index is 335. The molecule has 1 atom stereocenters. The van der Waals surface area contributed by atoms with Crippen molar-refractivity contribution in [3.8, 4) is 6.07 Å². The van der Waals surface area contributed by atoms with Crippen molar-refractivity contribution >= 4 is 0 Å². The van der Waals surface area contributed by atoms with E-state index in [0.29, 0.717) is 5.92 Å². The highest BCUT2D eigenvalue weighted by Crippen LogP contribution is 2.46. The van der Waals surface area contributed by atoms with Gasteiger partial charge >= 0.3 is 0 Å². The van der Waals surface area contributed by atoms with Crippen LogP contribution in [0.25, 0.3) is 0 Å². The van der Waals surface area contributed by atoms with E-state index >= 15 is 0 Å². The largest absolute Gasteiger partial charge is 0.264 e. The van der Waals surface area contributed by atoms with Crippen molar-refractivity contribution in [2.45, 2.75) is 25.2 Å². The molecule has 0 aromatic carbocycles. The summed E-state index contributed by atoms with van der Waals surface area (Å²) in [4.78, 5) is 4.06. The molecule has 0 aliphatic heterocycles. The Labute approximate surface area is 78.2 Å². The SMILES string of the molecule is CC(C#N)(c1cccnc1)C1CC1. The van der Waals surface area contributed by atoms with Gasteiger partial charge in [-0.1, -0.05) is 6.07 Å². The first-order chi connectivity index (χ1) is 6.27. The maximum Gasteiger partial charge on any atom is 0.0837 e. The quantitative estimate of drug-likeness (QED) is 0.686. The molecule has 66 valence electrons. The van der Waals surface area contributed by atoms with E-state index in [9.17, 15) is 5.26 Å². The van der Waals surface area contributed by atoms with Crippen LogP contribution in [0.5, 0.6) is 0 Å². The third-order valence-corrected chi connectivity index (χ3v) is 2.89. The number of nitriles is 1. The molecule has 2 heteroatoms. The molecule has 1 aliphatic carbocycles. The molecule has 0 amide bonds. The summed E-state index contributed by atoms with van der Waals surface area (Å²) in [5, 5.41) is 9.17. The molecule has 1 aliphatic rings. The number of hydrogen-bond acceptors (Lipinski definition) is 2. The number of rotatable bonds is 2. The summed E-state index contributed by atoms with van der Waals surface area (Å²) >= 11 is 0. The summed E-state index contributed by atoms with van der Waals surface area (Å²) in [6, 6.07) is 6.31. The van der Waals surface area contributed by atoms with E-state index in [1.807, 2.05) is 25.3 Å². The van der Waals surface area contributed by atoms with Gasteiger partial charge in [0, 0.05) is 12.4 Å². The summed E-state index contributed by atoms with van der Waals surface area (Å²) in [6.07, 6.45) is 5.91. The van der Waals surface area contributed by atoms with E-state index in [4.69, 9.17) is 0 Å². The molecule has 1 aromatic heterocycles. The third kappa shape index (κ3) is 1.31. The normalized spacial score (nSPS) is 20.3. The van der Waals surface area contributed by atoms with Crippen molar-refractivity contribution in [1.29, 1.82) is 5.26 Å². The van der Waals surface area contributed by atoms with E-state index in [1.54, 1.807) is 6.20 Å². The van der Waals surface area contributed by atoms with Gasteiger partial charge in [0.2, 0.25) is 0 Å². The van der Waals surface area contributed by atoms with Gasteiger partial charge in [0.05, 0.1) is 11.5 Å². The van der Waals surface area contributed by atoms with Crippen molar-refractivity contribution in [3.63, 3.8) is 0 Å². The minimum absolute atomic E-state index is 0.311. The minimum atomic E-state index is -0.311. The highest BCUT2D eigenvalue weighted by molar-refractivity contribution is 5.31. The molecule has 2 rings (SSSR count). The van der Waals surface area contributed by atoms with E-state index in [-0.39, 0.29) is 5.41 Å². The highest BCUT2D eigenvalue weighted by atomic mass is 14.6. The molecule has 1 unspecified atom stereocenters. The van der Waals surface area contributed by atoms with Crippen LogP contribution in [-0.2, 0) is 5.41 Å². The van der Waals surface area contributed by atoms with Crippen LogP contribution < -0.4 is 0 Å². The average Bonchev–Trinajstić information content (AvgIpc) is 3.02. The van der Waals surface area contributed by atoms with Crippen LogP contribution >= 0.6 is 0 Å². The lowest BCUT2D eigenvalue weighted by Gasteiger charge is -2.20. The number of pyridine rings is 1. The Hall–Kier alpha value is -1.36. The molecule has 1 saturated carbocycles. The molecule has 1 fully saturated rings. The Morgan fingerprint density at radius 1 is 1.62 bits per heavy atom. The summed E-state index contributed by atoms with van der Waals surface area (Å²) in [6.45, 7) is 2.02. The first-order valence-corrected chi connectivity index (χ1v) is 4.59. The predicted molar refractivity (Wildman–Crippen MR) is 49.9 cm³/mol. The van der Waals surface area contributed by atoms with Crippen LogP contribution in [0.3, 0.4) is 0 Å². The van der Waals surface area contributed by atoms with Crippen LogP contribution in [-0.4, -0.2) is 4.98 Å². The molecular formula is C11H12N2. The van der Waals surface area contributed by atoms with Crippen molar-refractivity contribution in [2.75, 3.05) is 0 Å². The fraction of sp³-hybridized carbons (Fsp3) is 0.455. The zero-order chi connectivity index (χ0) is 9.31. The third-order valence-electron chi connectivity index (χ3n) is 2.89. The molecule has 0 radical (unpaired) electrons. The lowest BCUT2D eigenvalue weighted by molar-refractivity contribution is 0.527. The molecule has 0 saturated heterocycles. The van der Waals surface area contributed by atoms with Crippen LogP contribution in [0, 0.1) is 17.2 Å². The molecule has 1 heterocycles. The van der Waals surface area contributed by atoms with E-state index in [1.165, 1.54) is 12.8 Å². The van der Waals surface area contributed by atoms with Gasteiger partial charge in [0.25, 0.3) is 0 Å². The Balaban J connectivity index is 2.38. The van der Waals surface area contributed by atoms with Gasteiger partial charge in [-0.15, -0.1) is 0 Å². The maximum absolute atomic E-state index is 9.17. The Kier molecular flexibility index (Phi) is 1.81. The summed E-state index contributed by atoms with van der Waals surface area (Å²) < 4.78 is 0.